The average molecular weight is 441 g/mol. The van der Waals surface area contributed by atoms with E-state index in [1.807, 2.05) is 0 Å². The molecule has 0 aromatic heterocycles. The maximum absolute atomic E-state index is 12.6. The number of rotatable bonds is 4. The van der Waals surface area contributed by atoms with Crippen LogP contribution in [0.5, 0.6) is 11.5 Å². The number of ether oxygens (including phenoxy) is 1. The second kappa shape index (κ2) is 7.71. The Hall–Kier alpha value is -2.00. The molecule has 0 spiro atoms. The molecule has 2 aliphatic rings. The fourth-order valence-corrected chi connectivity index (χ4v) is 4.09. The molecule has 26 heavy (non-hydrogen) atoms. The number of methoxy groups -OCH3 is 1. The van der Waals surface area contributed by atoms with Gasteiger partial charge >= 0.3 is 0 Å². The Morgan fingerprint density at radius 1 is 1.35 bits per heavy atom. The van der Waals surface area contributed by atoms with Gasteiger partial charge in [-0.2, -0.15) is 0 Å². The molecule has 0 bridgehead atoms. The maximum Gasteiger partial charge on any atom is 0.294 e. The van der Waals surface area contributed by atoms with Crippen molar-refractivity contribution in [1.29, 1.82) is 0 Å². The molecule has 7 nitrogen and oxygen atoms in total. The third-order valence-corrected chi connectivity index (χ3v) is 5.80. The van der Waals surface area contributed by atoms with Gasteiger partial charge in [-0.05, 0) is 48.4 Å². The number of phenolic OH excluding ortho intramolecular Hbond substituents is 1. The number of phenols is 1. The molecule has 0 atom stereocenters. The normalized spacial score (nSPS) is 18.9. The number of halogens is 1. The van der Waals surface area contributed by atoms with Gasteiger partial charge in [-0.1, -0.05) is 15.9 Å². The predicted octanol–water partition coefficient (Wildman–Crippen LogP) is 2.82. The number of hydrogen-bond donors (Lipinski definition) is 1. The van der Waals surface area contributed by atoms with Crippen molar-refractivity contribution in [3.63, 3.8) is 0 Å². The van der Waals surface area contributed by atoms with Gasteiger partial charge < -0.3 is 14.7 Å². The fourth-order valence-electron chi connectivity index (χ4n) is 2.81. The molecule has 3 rings (SSSR count). The molecule has 2 fully saturated rings. The lowest BCUT2D eigenvalue weighted by Crippen LogP contribution is -2.40. The summed E-state index contributed by atoms with van der Waals surface area (Å²) in [7, 11) is 1.42. The molecular weight excluding hydrogens is 424 g/mol. The number of hydrogen-bond acceptors (Lipinski definition) is 6. The highest BCUT2D eigenvalue weighted by atomic mass is 79.9. The lowest BCUT2D eigenvalue weighted by atomic mass is 10.2. The van der Waals surface area contributed by atoms with Gasteiger partial charge in [0.1, 0.15) is 6.54 Å². The quantitative estimate of drug-likeness (QED) is 0.724. The smallest absolute Gasteiger partial charge is 0.294 e. The minimum atomic E-state index is -0.494. The van der Waals surface area contributed by atoms with Crippen molar-refractivity contribution in [2.45, 2.75) is 12.8 Å². The summed E-state index contributed by atoms with van der Waals surface area (Å²) in [5, 5.41) is 9.30. The summed E-state index contributed by atoms with van der Waals surface area (Å²) in [6, 6.07) is 3.01. The van der Waals surface area contributed by atoms with Gasteiger partial charge in [-0.15, -0.1) is 0 Å². The molecular formula is C17H17BrN2O5S. The zero-order valence-corrected chi connectivity index (χ0v) is 16.4. The first-order valence-electron chi connectivity index (χ1n) is 8.00. The van der Waals surface area contributed by atoms with E-state index in [4.69, 9.17) is 4.74 Å². The summed E-state index contributed by atoms with van der Waals surface area (Å²) in [6.07, 6.45) is 3.44. The molecule has 1 N–H and O–H groups in total. The first-order chi connectivity index (χ1) is 12.4. The monoisotopic (exact) mass is 440 g/mol. The van der Waals surface area contributed by atoms with Crippen LogP contribution in [-0.4, -0.2) is 58.7 Å². The minimum Gasteiger partial charge on any atom is -0.504 e. The SMILES string of the molecule is COc1cc(/C=C2\SC(=O)N(CC(=O)N3CCCC3)C2=O)c(Br)cc1O. The maximum atomic E-state index is 12.6. The number of nitrogens with zero attached hydrogens (tertiary/aromatic N) is 2. The van der Waals surface area contributed by atoms with Crippen LogP contribution in [0.4, 0.5) is 4.79 Å². The number of carbonyl (C=O) groups is 3. The lowest BCUT2D eigenvalue weighted by molar-refractivity contribution is -0.135. The second-order valence-corrected chi connectivity index (χ2v) is 7.75. The van der Waals surface area contributed by atoms with Crippen LogP contribution in [0.15, 0.2) is 21.5 Å². The average Bonchev–Trinajstić information content (AvgIpc) is 3.22. The Kier molecular flexibility index (Phi) is 5.57. The van der Waals surface area contributed by atoms with Crippen LogP contribution in [0.2, 0.25) is 0 Å². The summed E-state index contributed by atoms with van der Waals surface area (Å²) in [4.78, 5) is 39.8. The van der Waals surface area contributed by atoms with Crippen molar-refractivity contribution in [1.82, 2.24) is 9.80 Å². The molecule has 138 valence electrons. The van der Waals surface area contributed by atoms with Crippen molar-refractivity contribution in [2.24, 2.45) is 0 Å². The molecule has 0 saturated carbocycles. The molecule has 2 heterocycles. The summed E-state index contributed by atoms with van der Waals surface area (Å²) in [6.45, 7) is 1.11. The standard InChI is InChI=1S/C17H17BrN2O5S/c1-25-13-6-10(11(18)8-12(13)21)7-14-16(23)20(17(24)26-14)9-15(22)19-4-2-3-5-19/h6-8,21H,2-5,9H2,1H3/b14-7-. The number of imide groups is 1. The van der Waals surface area contributed by atoms with Crippen LogP contribution in [0.25, 0.3) is 6.08 Å². The molecule has 0 aliphatic carbocycles. The number of aromatic hydroxyl groups is 1. The van der Waals surface area contributed by atoms with Crippen molar-refractivity contribution in [3.8, 4) is 11.5 Å². The summed E-state index contributed by atoms with van der Waals surface area (Å²) in [5.74, 6) is -0.492. The van der Waals surface area contributed by atoms with E-state index >= 15 is 0 Å². The first-order valence-corrected chi connectivity index (χ1v) is 9.61. The zero-order valence-electron chi connectivity index (χ0n) is 14.0. The number of amides is 3. The molecule has 1 aromatic carbocycles. The first kappa shape index (κ1) is 18.8. The largest absolute Gasteiger partial charge is 0.504 e. The number of likely N-dealkylation sites (tertiary alicyclic amines) is 1. The van der Waals surface area contributed by atoms with Gasteiger partial charge in [-0.25, -0.2) is 0 Å². The Morgan fingerprint density at radius 2 is 2.04 bits per heavy atom. The van der Waals surface area contributed by atoms with Crippen molar-refractivity contribution < 1.29 is 24.2 Å². The third kappa shape index (κ3) is 3.73. The topological polar surface area (TPSA) is 87.2 Å². The van der Waals surface area contributed by atoms with Gasteiger partial charge in [-0.3, -0.25) is 19.3 Å². The van der Waals surface area contributed by atoms with E-state index in [2.05, 4.69) is 15.9 Å². The highest BCUT2D eigenvalue weighted by molar-refractivity contribution is 9.10. The molecule has 9 heteroatoms. The van der Waals surface area contributed by atoms with E-state index in [9.17, 15) is 19.5 Å². The molecule has 2 saturated heterocycles. The summed E-state index contributed by atoms with van der Waals surface area (Å²) in [5.41, 5.74) is 0.580. The van der Waals surface area contributed by atoms with Gasteiger partial charge in [0.15, 0.2) is 11.5 Å². The lowest BCUT2D eigenvalue weighted by Gasteiger charge is -2.18. The van der Waals surface area contributed by atoms with Crippen molar-refractivity contribution >= 4 is 50.8 Å². The molecule has 2 aliphatic heterocycles. The summed E-state index contributed by atoms with van der Waals surface area (Å²) < 4.78 is 5.62. The van der Waals surface area contributed by atoms with E-state index in [0.717, 1.165) is 29.5 Å². The van der Waals surface area contributed by atoms with Crippen LogP contribution < -0.4 is 4.74 Å². The van der Waals surface area contributed by atoms with Crippen LogP contribution in [-0.2, 0) is 9.59 Å². The van der Waals surface area contributed by atoms with E-state index in [-0.39, 0.29) is 28.9 Å². The van der Waals surface area contributed by atoms with Crippen LogP contribution in [0, 0.1) is 0 Å². The highest BCUT2D eigenvalue weighted by Crippen LogP contribution is 2.37. The predicted molar refractivity (Wildman–Crippen MR) is 101 cm³/mol. The number of benzene rings is 1. The Bertz CT molecular complexity index is 805. The second-order valence-electron chi connectivity index (χ2n) is 5.90. The number of carbonyl (C=O) groups excluding carboxylic acids is 3. The Balaban J connectivity index is 1.80. The molecule has 3 amide bonds. The van der Waals surface area contributed by atoms with E-state index in [1.54, 1.807) is 11.0 Å². The van der Waals surface area contributed by atoms with Crippen LogP contribution >= 0.6 is 27.7 Å². The Morgan fingerprint density at radius 3 is 2.69 bits per heavy atom. The molecule has 0 radical (unpaired) electrons. The van der Waals surface area contributed by atoms with Crippen LogP contribution in [0.1, 0.15) is 18.4 Å². The minimum absolute atomic E-state index is 0.0409. The van der Waals surface area contributed by atoms with Gasteiger partial charge in [0.05, 0.1) is 12.0 Å². The third-order valence-electron chi connectivity index (χ3n) is 4.21. The zero-order chi connectivity index (χ0) is 18.8. The Labute approximate surface area is 163 Å². The summed E-state index contributed by atoms with van der Waals surface area (Å²) >= 11 is 4.10. The van der Waals surface area contributed by atoms with Gasteiger partial charge in [0.25, 0.3) is 11.1 Å². The van der Waals surface area contributed by atoms with Gasteiger partial charge in [0, 0.05) is 17.6 Å². The van der Waals surface area contributed by atoms with E-state index < -0.39 is 11.1 Å². The van der Waals surface area contributed by atoms with Crippen molar-refractivity contribution in [3.05, 3.63) is 27.1 Å². The highest BCUT2D eigenvalue weighted by Gasteiger charge is 2.37. The molecule has 0 unspecified atom stereocenters. The van der Waals surface area contributed by atoms with E-state index in [0.29, 0.717) is 23.1 Å². The van der Waals surface area contributed by atoms with Crippen LogP contribution in [0.3, 0.4) is 0 Å². The molecule has 1 aromatic rings. The van der Waals surface area contributed by atoms with Crippen molar-refractivity contribution in [2.75, 3.05) is 26.7 Å². The van der Waals surface area contributed by atoms with E-state index in [1.165, 1.54) is 19.3 Å². The fraction of sp³-hybridized carbons (Fsp3) is 0.353. The number of thioether (sulfide) groups is 1. The van der Waals surface area contributed by atoms with Gasteiger partial charge in [0.2, 0.25) is 5.91 Å².